The molecule has 0 aliphatic carbocycles. The molecular weight excluding hydrogens is 496 g/mol. The molecule has 3 heterocycles. The van der Waals surface area contributed by atoms with E-state index in [9.17, 15) is 26.3 Å². The zero-order valence-corrected chi connectivity index (χ0v) is 18.6. The molecule has 0 bridgehead atoms. The van der Waals surface area contributed by atoms with Crippen LogP contribution < -0.4 is 5.32 Å². The molecule has 0 spiro atoms. The molecule has 9 nitrogen and oxygen atoms in total. The zero-order valence-electron chi connectivity index (χ0n) is 17.8. The van der Waals surface area contributed by atoms with Crippen molar-refractivity contribution in [1.82, 2.24) is 25.2 Å². The van der Waals surface area contributed by atoms with Crippen LogP contribution in [0.5, 0.6) is 0 Å². The van der Waals surface area contributed by atoms with Gasteiger partial charge in [-0.15, -0.1) is 5.10 Å². The Kier molecular flexibility index (Phi) is 11.4. The molecule has 0 aromatic carbocycles. The fourth-order valence-electron chi connectivity index (χ4n) is 2.74. The summed E-state index contributed by atoms with van der Waals surface area (Å²) >= 11 is 1.78. The second kappa shape index (κ2) is 13.2. The minimum absolute atomic E-state index is 0.506. The number of hydrogen-bond donors (Lipinski definition) is 3. The van der Waals surface area contributed by atoms with Gasteiger partial charge in [-0.2, -0.15) is 37.7 Å². The van der Waals surface area contributed by atoms with Crippen molar-refractivity contribution in [3.63, 3.8) is 0 Å². The lowest BCUT2D eigenvalue weighted by molar-refractivity contribution is -0.193. The fourth-order valence-corrected chi connectivity index (χ4v) is 3.40. The average Bonchev–Trinajstić information content (AvgIpc) is 3.41. The average molecular weight is 519 g/mol. The molecule has 3 rings (SSSR count). The Morgan fingerprint density at radius 3 is 2.06 bits per heavy atom. The SMILES string of the molecule is CNCc1cn(C2CCN(Cc3ccsc3)CC2)nn1.O=C(O)C(F)(F)F.O=C(O)C(F)(F)F. The molecule has 34 heavy (non-hydrogen) atoms. The van der Waals surface area contributed by atoms with Gasteiger partial charge in [-0.05, 0) is 42.3 Å². The number of halogens is 6. The fraction of sp³-hybridized carbons (Fsp3) is 0.556. The predicted octanol–water partition coefficient (Wildman–Crippen LogP) is 3.16. The molecule has 0 saturated carbocycles. The number of hydrogen-bond acceptors (Lipinski definition) is 7. The van der Waals surface area contributed by atoms with Crippen LogP contribution in [0.3, 0.4) is 0 Å². The lowest BCUT2D eigenvalue weighted by Gasteiger charge is -2.31. The monoisotopic (exact) mass is 519 g/mol. The van der Waals surface area contributed by atoms with Crippen molar-refractivity contribution < 1.29 is 46.1 Å². The number of carboxylic acids is 2. The lowest BCUT2D eigenvalue weighted by Crippen LogP contribution is -2.34. The van der Waals surface area contributed by atoms with Gasteiger partial charge in [0.2, 0.25) is 0 Å². The largest absolute Gasteiger partial charge is 0.490 e. The number of alkyl halides is 6. The molecule has 0 radical (unpaired) electrons. The summed E-state index contributed by atoms with van der Waals surface area (Å²) in [4.78, 5) is 20.3. The Labute approximate surface area is 194 Å². The van der Waals surface area contributed by atoms with E-state index in [1.54, 1.807) is 11.3 Å². The summed E-state index contributed by atoms with van der Waals surface area (Å²) < 4.78 is 65.5. The normalized spacial score (nSPS) is 15.0. The highest BCUT2D eigenvalue weighted by atomic mass is 32.1. The van der Waals surface area contributed by atoms with E-state index in [1.165, 1.54) is 5.56 Å². The van der Waals surface area contributed by atoms with Gasteiger partial charge in [0.1, 0.15) is 0 Å². The second-order valence-corrected chi connectivity index (χ2v) is 7.74. The Morgan fingerprint density at radius 1 is 1.12 bits per heavy atom. The maximum atomic E-state index is 10.6. The van der Waals surface area contributed by atoms with E-state index in [-0.39, 0.29) is 0 Å². The van der Waals surface area contributed by atoms with Crippen LogP contribution in [0, 0.1) is 0 Å². The Balaban J connectivity index is 0.000000343. The van der Waals surface area contributed by atoms with Crippen LogP contribution in [0.25, 0.3) is 0 Å². The first-order chi connectivity index (χ1) is 15.7. The molecule has 0 atom stereocenters. The van der Waals surface area contributed by atoms with Gasteiger partial charge in [0.05, 0.1) is 17.9 Å². The Bertz CT molecular complexity index is 856. The first-order valence-corrected chi connectivity index (χ1v) is 10.6. The summed E-state index contributed by atoms with van der Waals surface area (Å²) in [6.45, 7) is 4.15. The van der Waals surface area contributed by atoms with Crippen molar-refractivity contribution in [2.24, 2.45) is 0 Å². The smallest absolute Gasteiger partial charge is 0.475 e. The molecular formula is C18H23F6N5O4S. The van der Waals surface area contributed by atoms with Gasteiger partial charge in [-0.3, -0.25) is 4.90 Å². The second-order valence-electron chi connectivity index (χ2n) is 6.96. The number of aliphatic carboxylic acids is 2. The van der Waals surface area contributed by atoms with Crippen LogP contribution >= 0.6 is 11.3 Å². The van der Waals surface area contributed by atoms with Gasteiger partial charge in [0.25, 0.3) is 0 Å². The van der Waals surface area contributed by atoms with E-state index in [4.69, 9.17) is 19.8 Å². The summed E-state index contributed by atoms with van der Waals surface area (Å²) in [5.41, 5.74) is 2.46. The third-order valence-corrected chi connectivity index (χ3v) is 5.05. The van der Waals surface area contributed by atoms with Crippen molar-refractivity contribution in [2.45, 2.75) is 44.3 Å². The summed E-state index contributed by atoms with van der Waals surface area (Å²) in [6, 6.07) is 2.73. The first kappa shape index (κ1) is 29.3. The molecule has 16 heteroatoms. The standard InChI is InChI=1S/C14H21N5S.2C2HF3O2/c1-15-8-13-10-19(17-16-13)14-2-5-18(6-3-14)9-12-4-7-20-11-12;2*3-2(4,5)1(6)7/h4,7,10-11,14-15H,2-3,5-6,8-9H2,1H3;2*(H,6,7). The number of aromatic nitrogens is 3. The molecule has 0 unspecified atom stereocenters. The van der Waals surface area contributed by atoms with Crippen LogP contribution in [0.15, 0.2) is 23.0 Å². The van der Waals surface area contributed by atoms with Gasteiger partial charge in [0.15, 0.2) is 0 Å². The van der Waals surface area contributed by atoms with Gasteiger partial charge < -0.3 is 15.5 Å². The minimum atomic E-state index is -5.08. The Morgan fingerprint density at radius 2 is 1.65 bits per heavy atom. The number of thiophene rings is 1. The van der Waals surface area contributed by atoms with E-state index in [2.05, 4.69) is 48.2 Å². The van der Waals surface area contributed by atoms with E-state index < -0.39 is 24.3 Å². The molecule has 2 aromatic rings. The quantitative estimate of drug-likeness (QED) is 0.516. The van der Waals surface area contributed by atoms with Crippen molar-refractivity contribution >= 4 is 23.3 Å². The number of nitrogens with one attached hydrogen (secondary N) is 1. The number of nitrogens with zero attached hydrogens (tertiary/aromatic N) is 4. The zero-order chi connectivity index (χ0) is 25.9. The maximum absolute atomic E-state index is 10.6. The van der Waals surface area contributed by atoms with Crippen molar-refractivity contribution in [3.8, 4) is 0 Å². The summed E-state index contributed by atoms with van der Waals surface area (Å²) in [7, 11) is 1.93. The number of likely N-dealkylation sites (tertiary alicyclic amines) is 1. The van der Waals surface area contributed by atoms with Crippen LogP contribution in [-0.2, 0) is 22.7 Å². The molecule has 1 saturated heterocycles. The lowest BCUT2D eigenvalue weighted by atomic mass is 10.0. The van der Waals surface area contributed by atoms with Gasteiger partial charge >= 0.3 is 24.3 Å². The first-order valence-electron chi connectivity index (χ1n) is 9.63. The molecule has 192 valence electrons. The topological polar surface area (TPSA) is 121 Å². The van der Waals surface area contributed by atoms with Crippen molar-refractivity contribution in [1.29, 1.82) is 0 Å². The summed E-state index contributed by atoms with van der Waals surface area (Å²) in [5, 5.41) is 30.2. The van der Waals surface area contributed by atoms with E-state index in [0.29, 0.717) is 6.04 Å². The summed E-state index contributed by atoms with van der Waals surface area (Å²) in [5.74, 6) is -5.51. The highest BCUT2D eigenvalue weighted by Crippen LogP contribution is 2.23. The molecule has 3 N–H and O–H groups in total. The van der Waals surface area contributed by atoms with Crippen LogP contribution in [0.4, 0.5) is 26.3 Å². The van der Waals surface area contributed by atoms with Gasteiger partial charge in [-0.25, -0.2) is 14.3 Å². The van der Waals surface area contributed by atoms with E-state index >= 15 is 0 Å². The van der Waals surface area contributed by atoms with Gasteiger partial charge in [-0.1, -0.05) is 5.21 Å². The van der Waals surface area contributed by atoms with Crippen LogP contribution in [-0.4, -0.2) is 74.5 Å². The maximum Gasteiger partial charge on any atom is 0.490 e. The number of carbonyl (C=O) groups is 2. The molecule has 2 aromatic heterocycles. The van der Waals surface area contributed by atoms with Crippen molar-refractivity contribution in [2.75, 3.05) is 20.1 Å². The molecule has 1 fully saturated rings. The molecule has 0 amide bonds. The van der Waals surface area contributed by atoms with Crippen LogP contribution in [0.1, 0.15) is 30.1 Å². The predicted molar refractivity (Wildman–Crippen MR) is 108 cm³/mol. The third-order valence-electron chi connectivity index (χ3n) is 4.32. The minimum Gasteiger partial charge on any atom is -0.475 e. The Hall–Kier alpha value is -2.72. The van der Waals surface area contributed by atoms with Crippen molar-refractivity contribution in [3.05, 3.63) is 34.3 Å². The molecule has 1 aliphatic rings. The number of piperidine rings is 1. The van der Waals surface area contributed by atoms with E-state index in [0.717, 1.165) is 44.7 Å². The summed E-state index contributed by atoms with van der Waals surface area (Å²) in [6.07, 6.45) is -5.77. The van der Waals surface area contributed by atoms with Crippen LogP contribution in [0.2, 0.25) is 0 Å². The molecule has 1 aliphatic heterocycles. The number of rotatable bonds is 5. The highest BCUT2D eigenvalue weighted by Gasteiger charge is 2.38. The van der Waals surface area contributed by atoms with E-state index in [1.807, 2.05) is 7.05 Å². The number of carboxylic acid groups (broad SMARTS) is 2. The highest BCUT2D eigenvalue weighted by molar-refractivity contribution is 7.07. The van der Waals surface area contributed by atoms with Gasteiger partial charge in [0, 0.05) is 26.2 Å². The third kappa shape index (κ3) is 10.9.